The van der Waals surface area contributed by atoms with Gasteiger partial charge < -0.3 is 10.1 Å². The van der Waals surface area contributed by atoms with E-state index < -0.39 is 0 Å². The summed E-state index contributed by atoms with van der Waals surface area (Å²) in [6.07, 6.45) is 1.75. The summed E-state index contributed by atoms with van der Waals surface area (Å²) < 4.78 is 7.46. The topological polar surface area (TPSA) is 39.1 Å². The summed E-state index contributed by atoms with van der Waals surface area (Å²) in [4.78, 5) is 0. The molecule has 0 amide bonds. The highest BCUT2D eigenvalue weighted by Crippen LogP contribution is 2.35. The quantitative estimate of drug-likeness (QED) is 0.914. The summed E-state index contributed by atoms with van der Waals surface area (Å²) in [5, 5.41) is 8.55. The van der Waals surface area contributed by atoms with E-state index in [2.05, 4.69) is 24.3 Å². The van der Waals surface area contributed by atoms with E-state index in [0.29, 0.717) is 0 Å². The smallest absolute Gasteiger partial charge is 0.161 e. The van der Waals surface area contributed by atoms with Gasteiger partial charge in [0.05, 0.1) is 19.3 Å². The number of aryl methyl sites for hydroxylation is 1. The molecule has 2 rings (SSSR count). The maximum Gasteiger partial charge on any atom is 0.161 e. The monoisotopic (exact) mass is 307 g/mol. The van der Waals surface area contributed by atoms with Crippen molar-refractivity contribution >= 4 is 11.6 Å². The molecule has 0 saturated carbocycles. The van der Waals surface area contributed by atoms with E-state index in [-0.39, 0.29) is 12.1 Å². The van der Waals surface area contributed by atoms with Gasteiger partial charge >= 0.3 is 0 Å². The van der Waals surface area contributed by atoms with Crippen LogP contribution in [0.1, 0.15) is 42.8 Å². The number of halogens is 1. The first-order chi connectivity index (χ1) is 10.0. The number of rotatable bonds is 5. The molecule has 1 aromatic carbocycles. The predicted octanol–water partition coefficient (Wildman–Crippen LogP) is 3.74. The Morgan fingerprint density at radius 1 is 1.33 bits per heavy atom. The largest absolute Gasteiger partial charge is 0.493 e. The maximum atomic E-state index is 6.50. The van der Waals surface area contributed by atoms with Crippen molar-refractivity contribution in [1.29, 1.82) is 0 Å². The molecular weight excluding hydrogens is 286 g/mol. The third-order valence-corrected chi connectivity index (χ3v) is 4.12. The lowest BCUT2D eigenvalue weighted by Crippen LogP contribution is -2.23. The number of nitrogens with zero attached hydrogens (tertiary/aromatic N) is 2. The van der Waals surface area contributed by atoms with Crippen molar-refractivity contribution in [2.75, 3.05) is 14.2 Å². The van der Waals surface area contributed by atoms with Gasteiger partial charge in [-0.15, -0.1) is 0 Å². The predicted molar refractivity (Wildman–Crippen MR) is 86.3 cm³/mol. The van der Waals surface area contributed by atoms with Crippen molar-refractivity contribution in [3.05, 3.63) is 46.2 Å². The molecule has 1 heterocycles. The number of nitrogens with one attached hydrogen (secondary N) is 1. The fourth-order valence-electron chi connectivity index (χ4n) is 2.53. The Morgan fingerprint density at radius 2 is 2.05 bits per heavy atom. The second-order valence-corrected chi connectivity index (χ2v) is 5.71. The van der Waals surface area contributed by atoms with Crippen LogP contribution in [0, 0.1) is 6.92 Å². The van der Waals surface area contributed by atoms with Gasteiger partial charge in [-0.05, 0) is 38.9 Å². The van der Waals surface area contributed by atoms with Gasteiger partial charge in [-0.1, -0.05) is 29.8 Å². The van der Waals surface area contributed by atoms with Gasteiger partial charge in [-0.3, -0.25) is 4.68 Å². The van der Waals surface area contributed by atoms with Crippen LogP contribution < -0.4 is 10.1 Å². The Kier molecular flexibility index (Phi) is 4.91. The second-order valence-electron chi connectivity index (χ2n) is 5.34. The Balaban J connectivity index is 2.61. The molecule has 1 unspecified atom stereocenters. The third kappa shape index (κ3) is 2.92. The molecule has 5 heteroatoms. The molecule has 21 heavy (non-hydrogen) atoms. The summed E-state index contributed by atoms with van der Waals surface area (Å²) >= 11 is 6.50. The summed E-state index contributed by atoms with van der Waals surface area (Å²) in [7, 11) is 3.58. The molecule has 2 aromatic rings. The Labute approximate surface area is 131 Å². The van der Waals surface area contributed by atoms with E-state index in [1.165, 1.54) is 0 Å². The van der Waals surface area contributed by atoms with Gasteiger partial charge in [0, 0.05) is 11.1 Å². The molecule has 0 spiro atoms. The van der Waals surface area contributed by atoms with Gasteiger partial charge in [0.15, 0.2) is 5.75 Å². The summed E-state index contributed by atoms with van der Waals surface area (Å²) in [5.41, 5.74) is 3.08. The van der Waals surface area contributed by atoms with Crippen LogP contribution in [0.4, 0.5) is 0 Å². The molecule has 0 aliphatic heterocycles. The Hall–Kier alpha value is -1.52. The SMILES string of the molecule is CNC(c1cccc(C)c1Cl)c1c(OC)cnn1C(C)C. The minimum absolute atomic E-state index is 0.0720. The van der Waals surface area contributed by atoms with E-state index in [0.717, 1.165) is 27.6 Å². The minimum Gasteiger partial charge on any atom is -0.493 e. The van der Waals surface area contributed by atoms with Crippen LogP contribution in [-0.4, -0.2) is 23.9 Å². The van der Waals surface area contributed by atoms with Crippen molar-refractivity contribution in [3.63, 3.8) is 0 Å². The van der Waals surface area contributed by atoms with Crippen LogP contribution in [0.2, 0.25) is 5.02 Å². The van der Waals surface area contributed by atoms with E-state index in [1.54, 1.807) is 13.3 Å². The third-order valence-electron chi connectivity index (χ3n) is 3.60. The number of benzene rings is 1. The van der Waals surface area contributed by atoms with E-state index in [4.69, 9.17) is 16.3 Å². The summed E-state index contributed by atoms with van der Waals surface area (Å²) in [6, 6.07) is 6.23. The summed E-state index contributed by atoms with van der Waals surface area (Å²) in [5.74, 6) is 0.764. The lowest BCUT2D eigenvalue weighted by atomic mass is 10.0. The van der Waals surface area contributed by atoms with E-state index in [9.17, 15) is 0 Å². The molecule has 0 fully saturated rings. The molecular formula is C16H22ClN3O. The van der Waals surface area contributed by atoms with Crippen molar-refractivity contribution in [2.24, 2.45) is 0 Å². The second kappa shape index (κ2) is 6.50. The molecule has 1 atom stereocenters. The van der Waals surface area contributed by atoms with Crippen LogP contribution in [0.25, 0.3) is 0 Å². The molecule has 0 aliphatic rings. The zero-order valence-electron chi connectivity index (χ0n) is 13.1. The van der Waals surface area contributed by atoms with Crippen molar-refractivity contribution in [1.82, 2.24) is 15.1 Å². The summed E-state index contributed by atoms with van der Waals surface area (Å²) in [6.45, 7) is 6.20. The lowest BCUT2D eigenvalue weighted by molar-refractivity contribution is 0.396. The minimum atomic E-state index is -0.0720. The Morgan fingerprint density at radius 3 is 2.62 bits per heavy atom. The first-order valence-electron chi connectivity index (χ1n) is 7.04. The molecule has 0 saturated heterocycles. The fourth-order valence-corrected chi connectivity index (χ4v) is 2.77. The molecule has 0 radical (unpaired) electrons. The number of hydrogen-bond donors (Lipinski definition) is 1. The molecule has 0 bridgehead atoms. The van der Waals surface area contributed by atoms with Crippen molar-refractivity contribution < 1.29 is 4.74 Å². The van der Waals surface area contributed by atoms with Crippen molar-refractivity contribution in [2.45, 2.75) is 32.9 Å². The average molecular weight is 308 g/mol. The molecule has 114 valence electrons. The van der Waals surface area contributed by atoms with Crippen LogP contribution >= 0.6 is 11.6 Å². The average Bonchev–Trinajstić information content (AvgIpc) is 2.88. The highest BCUT2D eigenvalue weighted by Gasteiger charge is 2.25. The number of hydrogen-bond acceptors (Lipinski definition) is 3. The first kappa shape index (κ1) is 15.9. The zero-order valence-corrected chi connectivity index (χ0v) is 13.9. The normalized spacial score (nSPS) is 12.7. The van der Waals surface area contributed by atoms with Gasteiger partial charge in [-0.25, -0.2) is 0 Å². The van der Waals surface area contributed by atoms with E-state index >= 15 is 0 Å². The highest BCUT2D eigenvalue weighted by molar-refractivity contribution is 6.32. The van der Waals surface area contributed by atoms with Gasteiger partial charge in [0.25, 0.3) is 0 Å². The maximum absolute atomic E-state index is 6.50. The van der Waals surface area contributed by atoms with E-state index in [1.807, 2.05) is 36.9 Å². The highest BCUT2D eigenvalue weighted by atomic mass is 35.5. The van der Waals surface area contributed by atoms with Gasteiger partial charge in [-0.2, -0.15) is 5.10 Å². The molecule has 1 aromatic heterocycles. The van der Waals surface area contributed by atoms with Crippen LogP contribution in [-0.2, 0) is 0 Å². The standard InChI is InChI=1S/C16H22ClN3O/c1-10(2)20-16(13(21-5)9-19-20)15(18-4)12-8-6-7-11(3)14(12)17/h6-10,15,18H,1-5H3. The number of aromatic nitrogens is 2. The number of methoxy groups -OCH3 is 1. The first-order valence-corrected chi connectivity index (χ1v) is 7.42. The van der Waals surface area contributed by atoms with Gasteiger partial charge in [0.2, 0.25) is 0 Å². The van der Waals surface area contributed by atoms with Gasteiger partial charge in [0.1, 0.15) is 5.69 Å². The zero-order chi connectivity index (χ0) is 15.6. The van der Waals surface area contributed by atoms with Crippen LogP contribution in [0.3, 0.4) is 0 Å². The number of ether oxygens (including phenoxy) is 1. The van der Waals surface area contributed by atoms with Crippen molar-refractivity contribution in [3.8, 4) is 5.75 Å². The molecule has 1 N–H and O–H groups in total. The molecule has 0 aliphatic carbocycles. The lowest BCUT2D eigenvalue weighted by Gasteiger charge is -2.23. The fraction of sp³-hybridized carbons (Fsp3) is 0.438. The van der Waals surface area contributed by atoms with Crippen LogP contribution in [0.5, 0.6) is 5.75 Å². The molecule has 4 nitrogen and oxygen atoms in total. The Bertz CT molecular complexity index is 622. The van der Waals surface area contributed by atoms with Crippen LogP contribution in [0.15, 0.2) is 24.4 Å².